The number of hydrogen-bond acceptors (Lipinski definition) is 4. The Hall–Kier alpha value is -1.94. The fraction of sp³-hybridized carbons (Fsp3) is 0.133. The van der Waals surface area contributed by atoms with E-state index < -0.39 is 0 Å². The van der Waals surface area contributed by atoms with E-state index in [-0.39, 0.29) is 0 Å². The number of nitrogens with zero attached hydrogens (tertiary/aromatic N) is 1. The van der Waals surface area contributed by atoms with Gasteiger partial charge in [0.25, 0.3) is 0 Å². The fourth-order valence-corrected chi connectivity index (χ4v) is 2.68. The third-order valence-electron chi connectivity index (χ3n) is 2.93. The average molecular weight is 271 g/mol. The summed E-state index contributed by atoms with van der Waals surface area (Å²) < 4.78 is 0. The lowest BCUT2D eigenvalue weighted by atomic mass is 10.1. The molecule has 0 unspecified atom stereocenters. The minimum atomic E-state index is 0.802. The molecule has 0 fully saturated rings. The van der Waals surface area contributed by atoms with E-state index in [1.165, 1.54) is 10.5 Å². The summed E-state index contributed by atoms with van der Waals surface area (Å²) in [5.41, 5.74) is 9.83. The van der Waals surface area contributed by atoms with Crippen molar-refractivity contribution >= 4 is 23.2 Å². The van der Waals surface area contributed by atoms with Gasteiger partial charge in [0.05, 0.1) is 5.71 Å². The molecule has 0 spiro atoms. The lowest BCUT2D eigenvalue weighted by Gasteiger charge is -2.09. The Morgan fingerprint density at radius 2 is 1.84 bits per heavy atom. The number of hydrazone groups is 1. The van der Waals surface area contributed by atoms with Gasteiger partial charge in [0.2, 0.25) is 0 Å². The molecule has 0 aliphatic heterocycles. The molecule has 0 saturated heterocycles. The molecule has 4 heteroatoms. The topological polar surface area (TPSA) is 64.4 Å². The highest BCUT2D eigenvalue weighted by Gasteiger charge is 2.06. The zero-order valence-electron chi connectivity index (χ0n) is 11.1. The molecule has 0 saturated carbocycles. The van der Waals surface area contributed by atoms with Crippen LogP contribution in [0, 0.1) is 6.92 Å². The molecule has 0 atom stereocenters. The van der Waals surface area contributed by atoms with Crippen LogP contribution in [0.3, 0.4) is 0 Å². The van der Waals surface area contributed by atoms with E-state index in [1.807, 2.05) is 37.3 Å². The molecule has 0 heterocycles. The second kappa shape index (κ2) is 5.80. The molecule has 0 radical (unpaired) electrons. The van der Waals surface area contributed by atoms with Crippen molar-refractivity contribution in [2.45, 2.75) is 23.6 Å². The van der Waals surface area contributed by atoms with Gasteiger partial charge >= 0.3 is 0 Å². The first kappa shape index (κ1) is 13.5. The van der Waals surface area contributed by atoms with Gasteiger partial charge in [-0.2, -0.15) is 5.10 Å². The number of hydrogen-bond donors (Lipinski definition) is 2. The van der Waals surface area contributed by atoms with Crippen LogP contribution >= 0.6 is 11.8 Å². The SMILES string of the molecule is C/C(=N\N)c1ccc(Sc2ccccc2N)c(C)c1. The van der Waals surface area contributed by atoms with Gasteiger partial charge in [-0.05, 0) is 49.2 Å². The third-order valence-corrected chi connectivity index (χ3v) is 4.19. The van der Waals surface area contributed by atoms with Crippen molar-refractivity contribution in [3.05, 3.63) is 53.6 Å². The number of nitrogen functional groups attached to an aromatic ring is 1. The predicted octanol–water partition coefficient (Wildman–Crippen LogP) is 3.41. The van der Waals surface area contributed by atoms with Gasteiger partial charge in [0.1, 0.15) is 0 Å². The average Bonchev–Trinajstić information content (AvgIpc) is 2.42. The van der Waals surface area contributed by atoms with Crippen molar-refractivity contribution in [1.82, 2.24) is 0 Å². The Morgan fingerprint density at radius 3 is 2.47 bits per heavy atom. The van der Waals surface area contributed by atoms with E-state index in [1.54, 1.807) is 11.8 Å². The first-order valence-corrected chi connectivity index (χ1v) is 6.81. The van der Waals surface area contributed by atoms with Crippen molar-refractivity contribution in [3.63, 3.8) is 0 Å². The first-order valence-electron chi connectivity index (χ1n) is 5.99. The van der Waals surface area contributed by atoms with Crippen LogP contribution in [0.5, 0.6) is 0 Å². The number of para-hydroxylation sites is 1. The second-order valence-electron chi connectivity index (χ2n) is 4.33. The normalized spacial score (nSPS) is 11.6. The second-order valence-corrected chi connectivity index (χ2v) is 5.42. The molecular formula is C15H17N3S. The Labute approximate surface area is 117 Å². The summed E-state index contributed by atoms with van der Waals surface area (Å²) >= 11 is 1.67. The number of nitrogens with two attached hydrogens (primary N) is 2. The molecule has 0 aliphatic rings. The molecule has 2 rings (SSSR count). The van der Waals surface area contributed by atoms with E-state index >= 15 is 0 Å². The molecule has 0 aliphatic carbocycles. The minimum Gasteiger partial charge on any atom is -0.398 e. The Bertz CT molecular complexity index is 621. The minimum absolute atomic E-state index is 0.802. The first-order chi connectivity index (χ1) is 9.11. The zero-order chi connectivity index (χ0) is 13.8. The van der Waals surface area contributed by atoms with Gasteiger partial charge < -0.3 is 11.6 Å². The van der Waals surface area contributed by atoms with Gasteiger partial charge in [0.15, 0.2) is 0 Å². The lowest BCUT2D eigenvalue weighted by Crippen LogP contribution is -1.99. The van der Waals surface area contributed by atoms with Gasteiger partial charge in [-0.3, -0.25) is 0 Å². The molecule has 2 aromatic rings. The van der Waals surface area contributed by atoms with E-state index in [0.29, 0.717) is 0 Å². The highest BCUT2D eigenvalue weighted by Crippen LogP contribution is 2.34. The highest BCUT2D eigenvalue weighted by molar-refractivity contribution is 7.99. The van der Waals surface area contributed by atoms with Gasteiger partial charge in [-0.1, -0.05) is 30.0 Å². The van der Waals surface area contributed by atoms with Crippen LogP contribution in [0.1, 0.15) is 18.1 Å². The number of anilines is 1. The van der Waals surface area contributed by atoms with Crippen molar-refractivity contribution < 1.29 is 0 Å². The maximum Gasteiger partial charge on any atom is 0.0641 e. The smallest absolute Gasteiger partial charge is 0.0641 e. The van der Waals surface area contributed by atoms with E-state index in [2.05, 4.69) is 24.2 Å². The van der Waals surface area contributed by atoms with E-state index in [9.17, 15) is 0 Å². The zero-order valence-corrected chi connectivity index (χ0v) is 11.9. The lowest BCUT2D eigenvalue weighted by molar-refractivity contribution is 1.22. The molecule has 98 valence electrons. The maximum atomic E-state index is 5.96. The van der Waals surface area contributed by atoms with Crippen LogP contribution < -0.4 is 11.6 Å². The summed E-state index contributed by atoms with van der Waals surface area (Å²) in [7, 11) is 0. The van der Waals surface area contributed by atoms with E-state index in [4.69, 9.17) is 11.6 Å². The Kier molecular flexibility index (Phi) is 4.12. The summed E-state index contributed by atoms with van der Waals surface area (Å²) in [6.07, 6.45) is 0. The predicted molar refractivity (Wildman–Crippen MR) is 82.6 cm³/mol. The van der Waals surface area contributed by atoms with Crippen LogP contribution in [0.4, 0.5) is 5.69 Å². The molecule has 4 N–H and O–H groups in total. The number of benzene rings is 2. The summed E-state index contributed by atoms with van der Waals surface area (Å²) in [5.74, 6) is 5.30. The molecule has 3 nitrogen and oxygen atoms in total. The van der Waals surface area contributed by atoms with Gasteiger partial charge in [-0.15, -0.1) is 0 Å². The van der Waals surface area contributed by atoms with Crippen molar-refractivity contribution in [2.75, 3.05) is 5.73 Å². The van der Waals surface area contributed by atoms with Crippen molar-refractivity contribution in [2.24, 2.45) is 10.9 Å². The van der Waals surface area contributed by atoms with Crippen LogP contribution in [-0.4, -0.2) is 5.71 Å². The van der Waals surface area contributed by atoms with Crippen LogP contribution in [0.15, 0.2) is 57.4 Å². The van der Waals surface area contributed by atoms with Crippen molar-refractivity contribution in [3.8, 4) is 0 Å². The van der Waals surface area contributed by atoms with Crippen LogP contribution in [0.25, 0.3) is 0 Å². The summed E-state index contributed by atoms with van der Waals surface area (Å²) in [5, 5.41) is 3.72. The van der Waals surface area contributed by atoms with Gasteiger partial charge in [-0.25, -0.2) is 0 Å². The quantitative estimate of drug-likeness (QED) is 0.389. The monoisotopic (exact) mass is 271 g/mol. The maximum absolute atomic E-state index is 5.96. The summed E-state index contributed by atoms with van der Waals surface area (Å²) in [6.45, 7) is 3.98. The van der Waals surface area contributed by atoms with Crippen LogP contribution in [-0.2, 0) is 0 Å². The number of aryl methyl sites for hydroxylation is 1. The summed E-state index contributed by atoms with van der Waals surface area (Å²) in [4.78, 5) is 2.26. The highest BCUT2D eigenvalue weighted by atomic mass is 32.2. The third kappa shape index (κ3) is 3.09. The fourth-order valence-electron chi connectivity index (χ4n) is 1.76. The molecule has 0 aromatic heterocycles. The number of rotatable bonds is 3. The Balaban J connectivity index is 2.30. The van der Waals surface area contributed by atoms with Crippen LogP contribution in [0.2, 0.25) is 0 Å². The molecular weight excluding hydrogens is 254 g/mol. The van der Waals surface area contributed by atoms with Gasteiger partial charge in [0, 0.05) is 15.5 Å². The molecule has 2 aromatic carbocycles. The largest absolute Gasteiger partial charge is 0.398 e. The standard InChI is InChI=1S/C15H17N3S/c1-10-9-12(11(2)18-17)7-8-14(10)19-15-6-4-3-5-13(15)16/h3-9H,16-17H2,1-2H3/b18-11+. The van der Waals surface area contributed by atoms with E-state index in [0.717, 1.165) is 21.9 Å². The summed E-state index contributed by atoms with van der Waals surface area (Å²) in [6, 6.07) is 14.1. The molecule has 19 heavy (non-hydrogen) atoms. The molecule has 0 amide bonds. The Morgan fingerprint density at radius 1 is 1.11 bits per heavy atom. The molecule has 0 bridgehead atoms. The van der Waals surface area contributed by atoms with Crippen molar-refractivity contribution in [1.29, 1.82) is 0 Å².